The van der Waals surface area contributed by atoms with Gasteiger partial charge in [-0.1, -0.05) is 28.1 Å². The first-order chi connectivity index (χ1) is 8.06. The van der Waals surface area contributed by atoms with E-state index in [9.17, 15) is 4.79 Å². The summed E-state index contributed by atoms with van der Waals surface area (Å²) < 4.78 is 0.970. The van der Waals surface area contributed by atoms with Crippen molar-refractivity contribution >= 4 is 33.0 Å². The largest absolute Gasteiger partial charge is 0.294 e. The minimum Gasteiger partial charge on any atom is -0.294 e. The molecule has 1 aromatic heterocycles. The third-order valence-corrected chi connectivity index (χ3v) is 4.18. The molecule has 2 rings (SSSR count). The van der Waals surface area contributed by atoms with Gasteiger partial charge in [0.15, 0.2) is 5.78 Å². The summed E-state index contributed by atoms with van der Waals surface area (Å²) in [4.78, 5) is 16.3. The van der Waals surface area contributed by atoms with Gasteiger partial charge in [-0.2, -0.15) is 0 Å². The van der Waals surface area contributed by atoms with E-state index < -0.39 is 0 Å². The molecule has 0 bridgehead atoms. The zero-order chi connectivity index (χ0) is 12.4. The molecule has 2 aromatic rings. The third kappa shape index (κ3) is 3.01. The van der Waals surface area contributed by atoms with Crippen molar-refractivity contribution in [3.05, 3.63) is 49.9 Å². The fourth-order valence-electron chi connectivity index (χ4n) is 1.52. The standard InChI is InChI=1S/C13H12BrNOS/c1-8-3-4-10(5-12(8)14)13(16)6-11-7-17-9(2)15-11/h3-5,7H,6H2,1-2H3. The molecule has 0 aliphatic heterocycles. The molecule has 0 amide bonds. The maximum atomic E-state index is 12.0. The van der Waals surface area contributed by atoms with Gasteiger partial charge in [0.05, 0.1) is 17.1 Å². The van der Waals surface area contributed by atoms with Gasteiger partial charge in [0.2, 0.25) is 0 Å². The van der Waals surface area contributed by atoms with Crippen LogP contribution < -0.4 is 0 Å². The number of aryl methyl sites for hydroxylation is 2. The summed E-state index contributed by atoms with van der Waals surface area (Å²) >= 11 is 5.01. The maximum absolute atomic E-state index is 12.0. The van der Waals surface area contributed by atoms with E-state index in [0.29, 0.717) is 6.42 Å². The monoisotopic (exact) mass is 309 g/mol. The van der Waals surface area contributed by atoms with Gasteiger partial charge in [-0.3, -0.25) is 4.79 Å². The number of hydrogen-bond acceptors (Lipinski definition) is 3. The van der Waals surface area contributed by atoms with Crippen LogP contribution in [0.15, 0.2) is 28.1 Å². The van der Waals surface area contributed by atoms with E-state index in [-0.39, 0.29) is 5.78 Å². The van der Waals surface area contributed by atoms with Crippen molar-refractivity contribution in [2.75, 3.05) is 0 Å². The molecule has 0 unspecified atom stereocenters. The minimum absolute atomic E-state index is 0.107. The molecule has 2 nitrogen and oxygen atoms in total. The zero-order valence-electron chi connectivity index (χ0n) is 9.66. The molecule has 0 radical (unpaired) electrons. The van der Waals surface area contributed by atoms with Crippen LogP contribution >= 0.6 is 27.3 Å². The van der Waals surface area contributed by atoms with E-state index in [1.54, 1.807) is 11.3 Å². The molecule has 88 valence electrons. The first-order valence-electron chi connectivity index (χ1n) is 5.26. The predicted molar refractivity (Wildman–Crippen MR) is 73.8 cm³/mol. The number of nitrogens with zero attached hydrogens (tertiary/aromatic N) is 1. The lowest BCUT2D eigenvalue weighted by Gasteiger charge is -2.02. The van der Waals surface area contributed by atoms with E-state index in [2.05, 4.69) is 20.9 Å². The minimum atomic E-state index is 0.107. The molecular weight excluding hydrogens is 298 g/mol. The van der Waals surface area contributed by atoms with E-state index >= 15 is 0 Å². The fourth-order valence-corrected chi connectivity index (χ4v) is 2.51. The van der Waals surface area contributed by atoms with Crippen molar-refractivity contribution in [3.63, 3.8) is 0 Å². The van der Waals surface area contributed by atoms with Gasteiger partial charge < -0.3 is 0 Å². The van der Waals surface area contributed by atoms with Crippen LogP contribution in [0.25, 0.3) is 0 Å². The molecular formula is C13H12BrNOS. The summed E-state index contributed by atoms with van der Waals surface area (Å²) in [6.07, 6.45) is 0.375. The van der Waals surface area contributed by atoms with Crippen LogP contribution in [0.2, 0.25) is 0 Å². The Bertz CT molecular complexity index is 562. The molecule has 0 N–H and O–H groups in total. The number of carbonyl (C=O) groups is 1. The van der Waals surface area contributed by atoms with Crippen LogP contribution in [0.5, 0.6) is 0 Å². The average molecular weight is 310 g/mol. The van der Waals surface area contributed by atoms with E-state index in [1.165, 1.54) is 0 Å². The second-order valence-corrected chi connectivity index (χ2v) is 5.84. The number of aromatic nitrogens is 1. The first-order valence-corrected chi connectivity index (χ1v) is 6.94. The SMILES string of the molecule is Cc1nc(CC(=O)c2ccc(C)c(Br)c2)cs1. The summed E-state index contributed by atoms with van der Waals surface area (Å²) in [7, 11) is 0. The van der Waals surface area contributed by atoms with Gasteiger partial charge >= 0.3 is 0 Å². The number of ketones is 1. The number of thiazole rings is 1. The van der Waals surface area contributed by atoms with Gasteiger partial charge in [0, 0.05) is 15.4 Å². The Labute approximate surface area is 113 Å². The maximum Gasteiger partial charge on any atom is 0.168 e. The van der Waals surface area contributed by atoms with Crippen molar-refractivity contribution in [2.24, 2.45) is 0 Å². The van der Waals surface area contributed by atoms with Gasteiger partial charge in [0.25, 0.3) is 0 Å². The number of benzene rings is 1. The van der Waals surface area contributed by atoms with Gasteiger partial charge in [-0.15, -0.1) is 11.3 Å². The van der Waals surface area contributed by atoms with E-state index in [1.807, 2.05) is 37.4 Å². The van der Waals surface area contributed by atoms with Crippen LogP contribution in [-0.2, 0) is 6.42 Å². The smallest absolute Gasteiger partial charge is 0.168 e. The number of rotatable bonds is 3. The Kier molecular flexibility index (Phi) is 3.74. The molecule has 17 heavy (non-hydrogen) atoms. The summed E-state index contributed by atoms with van der Waals surface area (Å²) in [5, 5.41) is 2.94. The van der Waals surface area contributed by atoms with Crippen molar-refractivity contribution in [1.82, 2.24) is 4.98 Å². The Morgan fingerprint density at radius 1 is 1.41 bits per heavy atom. The molecule has 0 spiro atoms. The molecule has 1 heterocycles. The van der Waals surface area contributed by atoms with E-state index in [4.69, 9.17) is 0 Å². The van der Waals surface area contributed by atoms with Crippen LogP contribution in [0.3, 0.4) is 0 Å². The highest BCUT2D eigenvalue weighted by molar-refractivity contribution is 9.10. The summed E-state index contributed by atoms with van der Waals surface area (Å²) in [5.74, 6) is 0.107. The highest BCUT2D eigenvalue weighted by Gasteiger charge is 2.10. The lowest BCUT2D eigenvalue weighted by molar-refractivity contribution is 0.0992. The molecule has 0 saturated heterocycles. The van der Waals surface area contributed by atoms with Gasteiger partial charge in [0.1, 0.15) is 0 Å². The number of hydrogen-bond donors (Lipinski definition) is 0. The Morgan fingerprint density at radius 3 is 2.76 bits per heavy atom. The molecule has 0 saturated carbocycles. The second-order valence-electron chi connectivity index (χ2n) is 3.92. The Hall–Kier alpha value is -1.000. The number of carbonyl (C=O) groups excluding carboxylic acids is 1. The van der Waals surface area contributed by atoms with Crippen molar-refractivity contribution in [2.45, 2.75) is 20.3 Å². The number of halogens is 1. The van der Waals surface area contributed by atoms with Crippen molar-refractivity contribution in [3.8, 4) is 0 Å². The van der Waals surface area contributed by atoms with Crippen molar-refractivity contribution in [1.29, 1.82) is 0 Å². The van der Waals surface area contributed by atoms with E-state index in [0.717, 1.165) is 26.3 Å². The topological polar surface area (TPSA) is 30.0 Å². The molecule has 1 aromatic carbocycles. The highest BCUT2D eigenvalue weighted by atomic mass is 79.9. The second kappa shape index (κ2) is 5.10. The molecule has 0 fully saturated rings. The predicted octanol–water partition coefficient (Wildman–Crippen LogP) is 3.95. The first kappa shape index (κ1) is 12.5. The van der Waals surface area contributed by atoms with Crippen LogP contribution in [0.1, 0.15) is 26.6 Å². The van der Waals surface area contributed by atoms with Gasteiger partial charge in [-0.05, 0) is 25.5 Å². The molecule has 0 aliphatic rings. The summed E-state index contributed by atoms with van der Waals surface area (Å²) in [6.45, 7) is 3.95. The Balaban J connectivity index is 2.17. The molecule has 4 heteroatoms. The summed E-state index contributed by atoms with van der Waals surface area (Å²) in [5.41, 5.74) is 2.72. The van der Waals surface area contributed by atoms with Crippen LogP contribution in [0, 0.1) is 13.8 Å². The van der Waals surface area contributed by atoms with Crippen molar-refractivity contribution < 1.29 is 4.79 Å². The van der Waals surface area contributed by atoms with Crippen LogP contribution in [-0.4, -0.2) is 10.8 Å². The van der Waals surface area contributed by atoms with Gasteiger partial charge in [-0.25, -0.2) is 4.98 Å². The normalized spacial score (nSPS) is 10.5. The molecule has 0 aliphatic carbocycles. The zero-order valence-corrected chi connectivity index (χ0v) is 12.1. The quantitative estimate of drug-likeness (QED) is 0.804. The Morgan fingerprint density at radius 2 is 2.18 bits per heavy atom. The fraction of sp³-hybridized carbons (Fsp3) is 0.231. The summed E-state index contributed by atoms with van der Waals surface area (Å²) in [6, 6.07) is 5.68. The lowest BCUT2D eigenvalue weighted by Crippen LogP contribution is -2.04. The third-order valence-electron chi connectivity index (χ3n) is 2.50. The average Bonchev–Trinajstić information content (AvgIpc) is 2.68. The lowest BCUT2D eigenvalue weighted by atomic mass is 10.1. The van der Waals surface area contributed by atoms with Crippen LogP contribution in [0.4, 0.5) is 0 Å². The molecule has 0 atom stereocenters. The number of Topliss-reactive ketones (excluding diaryl/α,β-unsaturated/α-hetero) is 1. The highest BCUT2D eigenvalue weighted by Crippen LogP contribution is 2.19.